The lowest BCUT2D eigenvalue weighted by Gasteiger charge is -2.50. The van der Waals surface area contributed by atoms with Gasteiger partial charge in [-0.2, -0.15) is 0 Å². The number of hydrogen-bond acceptors (Lipinski definition) is 2. The van der Waals surface area contributed by atoms with Crippen molar-refractivity contribution < 1.29 is 0 Å². The quantitative estimate of drug-likeness (QED) is 0.159. The van der Waals surface area contributed by atoms with Crippen molar-refractivity contribution in [1.29, 1.82) is 0 Å². The van der Waals surface area contributed by atoms with Crippen LogP contribution in [0.1, 0.15) is 33.4 Å². The van der Waals surface area contributed by atoms with Crippen LogP contribution in [-0.4, -0.2) is 0 Å². The highest BCUT2D eigenvalue weighted by molar-refractivity contribution is 5.83. The van der Waals surface area contributed by atoms with E-state index in [1.807, 2.05) is 0 Å². The smallest absolute Gasteiger partial charge is 0.118 e. The van der Waals surface area contributed by atoms with E-state index >= 15 is 0 Å². The van der Waals surface area contributed by atoms with Crippen molar-refractivity contribution in [2.24, 2.45) is 0 Å². The van der Waals surface area contributed by atoms with E-state index in [2.05, 4.69) is 240 Å². The summed E-state index contributed by atoms with van der Waals surface area (Å²) in [6.45, 7) is 0. The Hall–Kier alpha value is -6.64. The molecule has 0 unspecified atom stereocenters. The van der Waals surface area contributed by atoms with Gasteiger partial charge in [-0.1, -0.05) is 182 Å². The van der Waals surface area contributed by atoms with Crippen LogP contribution in [-0.2, 0) is 11.1 Å². The zero-order chi connectivity index (χ0) is 34.8. The monoisotopic (exact) mass is 666 g/mol. The summed E-state index contributed by atoms with van der Waals surface area (Å²) < 4.78 is 0. The van der Waals surface area contributed by atoms with E-state index in [9.17, 15) is 0 Å². The van der Waals surface area contributed by atoms with E-state index in [4.69, 9.17) is 0 Å². The molecule has 1 aliphatic heterocycles. The number of nitrogens with zero attached hydrogens (tertiary/aromatic N) is 2. The fourth-order valence-electron chi connectivity index (χ4n) is 8.53. The number of fused-ring (bicyclic) bond motifs is 1. The Morgan fingerprint density at radius 1 is 0.288 bits per heavy atom. The van der Waals surface area contributed by atoms with E-state index < -0.39 is 11.1 Å². The van der Waals surface area contributed by atoms with Crippen LogP contribution in [0.5, 0.6) is 0 Å². The first-order valence-corrected chi connectivity index (χ1v) is 18.0. The number of rotatable bonds is 8. The number of para-hydroxylation sites is 3. The molecule has 0 fully saturated rings. The van der Waals surface area contributed by atoms with Gasteiger partial charge in [-0.3, -0.25) is 0 Å². The summed E-state index contributed by atoms with van der Waals surface area (Å²) in [6, 6.07) is 83.8. The summed E-state index contributed by atoms with van der Waals surface area (Å²) in [6.07, 6.45) is 0. The van der Waals surface area contributed by atoms with Crippen molar-refractivity contribution in [2.45, 2.75) is 11.1 Å². The van der Waals surface area contributed by atoms with E-state index in [-0.39, 0.29) is 0 Å². The highest BCUT2D eigenvalue weighted by Gasteiger charge is 2.61. The van der Waals surface area contributed by atoms with Crippen molar-refractivity contribution in [3.63, 3.8) is 0 Å². The van der Waals surface area contributed by atoms with Gasteiger partial charge in [0, 0.05) is 22.7 Å². The molecule has 2 heteroatoms. The molecular weight excluding hydrogens is 629 g/mol. The number of hydrogen-bond donors (Lipinski definition) is 0. The molecule has 0 saturated heterocycles. The lowest BCUT2D eigenvalue weighted by Crippen LogP contribution is -2.54. The predicted molar refractivity (Wildman–Crippen MR) is 216 cm³/mol. The Morgan fingerprint density at radius 3 is 1.00 bits per heavy atom. The maximum absolute atomic E-state index is 2.71. The first-order valence-electron chi connectivity index (χ1n) is 18.0. The molecule has 1 heterocycles. The van der Waals surface area contributed by atoms with Crippen LogP contribution in [0, 0.1) is 0 Å². The molecule has 0 amide bonds. The molecule has 9 rings (SSSR count). The fraction of sp³-hybridized carbons (Fsp3) is 0.0400. The number of anilines is 4. The average Bonchev–Trinajstić information content (AvgIpc) is 3.51. The number of benzene rings is 8. The van der Waals surface area contributed by atoms with Gasteiger partial charge < -0.3 is 9.80 Å². The van der Waals surface area contributed by atoms with E-state index in [0.717, 1.165) is 22.7 Å². The molecule has 248 valence electrons. The van der Waals surface area contributed by atoms with Crippen molar-refractivity contribution >= 4 is 22.7 Å². The standard InChI is InChI=1S/C50H38N2/c1-8-22-39(23-9-1)49(40-24-10-2-11-25-40)47-37-36-46(51(43-30-16-5-17-31-43)44-32-18-6-19-33-44)38-48(47)50(41-26-12-3-13-27-41,42-28-14-4-15-29-42)52(49)45-34-20-7-21-35-45/h1-38H. The molecule has 2 nitrogen and oxygen atoms in total. The van der Waals surface area contributed by atoms with Gasteiger partial charge in [0.05, 0.1) is 0 Å². The van der Waals surface area contributed by atoms with Crippen LogP contribution in [0.25, 0.3) is 0 Å². The van der Waals surface area contributed by atoms with Gasteiger partial charge in [0.2, 0.25) is 0 Å². The Kier molecular flexibility index (Phi) is 7.98. The lowest BCUT2D eigenvalue weighted by molar-refractivity contribution is 0.496. The molecule has 0 aromatic heterocycles. The first-order chi connectivity index (χ1) is 25.8. The van der Waals surface area contributed by atoms with Gasteiger partial charge in [-0.15, -0.1) is 0 Å². The summed E-state index contributed by atoms with van der Waals surface area (Å²) >= 11 is 0. The maximum Gasteiger partial charge on any atom is 0.118 e. The van der Waals surface area contributed by atoms with Crippen molar-refractivity contribution in [3.8, 4) is 0 Å². The zero-order valence-electron chi connectivity index (χ0n) is 28.8. The Labute approximate surface area is 306 Å². The van der Waals surface area contributed by atoms with Gasteiger partial charge in [0.25, 0.3) is 0 Å². The van der Waals surface area contributed by atoms with Crippen LogP contribution in [0.4, 0.5) is 22.7 Å². The molecule has 0 saturated carbocycles. The molecule has 0 radical (unpaired) electrons. The molecule has 0 spiro atoms. The van der Waals surface area contributed by atoms with Crippen molar-refractivity contribution in [2.75, 3.05) is 9.80 Å². The highest BCUT2D eigenvalue weighted by Crippen LogP contribution is 2.63. The maximum atomic E-state index is 2.71. The second-order valence-electron chi connectivity index (χ2n) is 13.3. The summed E-state index contributed by atoms with van der Waals surface area (Å²) in [5, 5.41) is 0. The molecule has 0 N–H and O–H groups in total. The van der Waals surface area contributed by atoms with Gasteiger partial charge in [0.15, 0.2) is 0 Å². The summed E-state index contributed by atoms with van der Waals surface area (Å²) in [4.78, 5) is 5.08. The molecule has 0 atom stereocenters. The Morgan fingerprint density at radius 2 is 0.615 bits per heavy atom. The Balaban J connectivity index is 1.49. The van der Waals surface area contributed by atoms with Crippen LogP contribution < -0.4 is 9.80 Å². The topological polar surface area (TPSA) is 6.48 Å². The fourth-order valence-corrected chi connectivity index (χ4v) is 8.53. The van der Waals surface area contributed by atoms with Crippen LogP contribution in [0.2, 0.25) is 0 Å². The third kappa shape index (κ3) is 4.87. The SMILES string of the molecule is c1ccc(N(c2ccccc2)c2ccc3c(c2)C(c2ccccc2)(c2ccccc2)N(c2ccccc2)C3(c2ccccc2)c2ccccc2)cc1. The second kappa shape index (κ2) is 13.2. The molecule has 8 aromatic carbocycles. The van der Waals surface area contributed by atoms with Crippen LogP contribution >= 0.6 is 0 Å². The minimum absolute atomic E-state index is 0.715. The van der Waals surface area contributed by atoms with E-state index in [0.29, 0.717) is 0 Å². The Bertz CT molecular complexity index is 2260. The van der Waals surface area contributed by atoms with E-state index in [1.165, 1.54) is 33.4 Å². The third-order valence-electron chi connectivity index (χ3n) is 10.5. The lowest BCUT2D eigenvalue weighted by atomic mass is 9.76. The zero-order valence-corrected chi connectivity index (χ0v) is 28.8. The van der Waals surface area contributed by atoms with Crippen LogP contribution in [0.3, 0.4) is 0 Å². The average molecular weight is 667 g/mol. The molecule has 0 aliphatic carbocycles. The molecular formula is C50H38N2. The minimum Gasteiger partial charge on any atom is -0.336 e. The first kappa shape index (κ1) is 31.3. The third-order valence-corrected chi connectivity index (χ3v) is 10.5. The molecule has 1 aliphatic rings. The van der Waals surface area contributed by atoms with Crippen molar-refractivity contribution in [3.05, 3.63) is 264 Å². The molecule has 52 heavy (non-hydrogen) atoms. The molecule has 0 bridgehead atoms. The van der Waals surface area contributed by atoms with Crippen molar-refractivity contribution in [1.82, 2.24) is 0 Å². The van der Waals surface area contributed by atoms with Gasteiger partial charge in [0.1, 0.15) is 11.1 Å². The van der Waals surface area contributed by atoms with E-state index in [1.54, 1.807) is 0 Å². The van der Waals surface area contributed by atoms with Gasteiger partial charge in [-0.25, -0.2) is 0 Å². The van der Waals surface area contributed by atoms with Gasteiger partial charge in [-0.05, 0) is 81.9 Å². The molecule has 8 aromatic rings. The highest BCUT2D eigenvalue weighted by atomic mass is 15.3. The minimum atomic E-state index is -0.750. The second-order valence-corrected chi connectivity index (χ2v) is 13.3. The van der Waals surface area contributed by atoms with Crippen LogP contribution in [0.15, 0.2) is 231 Å². The van der Waals surface area contributed by atoms with Gasteiger partial charge >= 0.3 is 0 Å². The predicted octanol–water partition coefficient (Wildman–Crippen LogP) is 12.3. The summed E-state index contributed by atoms with van der Waals surface area (Å²) in [5.74, 6) is 0. The normalized spacial score (nSPS) is 14.0. The summed E-state index contributed by atoms with van der Waals surface area (Å²) in [7, 11) is 0. The largest absolute Gasteiger partial charge is 0.336 e. The summed E-state index contributed by atoms with van der Waals surface area (Å²) in [5.41, 5.74) is 10.2.